The zero-order valence-corrected chi connectivity index (χ0v) is 12.1. The predicted octanol–water partition coefficient (Wildman–Crippen LogP) is 2.36. The van der Waals surface area contributed by atoms with E-state index in [4.69, 9.17) is 23.2 Å². The molecule has 0 aliphatic carbocycles. The Kier molecular flexibility index (Phi) is 3.72. The lowest BCUT2D eigenvalue weighted by Gasteiger charge is -2.04. The molecule has 0 saturated carbocycles. The van der Waals surface area contributed by atoms with E-state index in [1.54, 1.807) is 4.40 Å². The minimum absolute atomic E-state index is 0.164. The summed E-state index contributed by atoms with van der Waals surface area (Å²) in [4.78, 5) is 15.9. The zero-order chi connectivity index (χ0) is 14.8. The van der Waals surface area contributed by atoms with E-state index in [2.05, 4.69) is 20.5 Å². The van der Waals surface area contributed by atoms with Crippen LogP contribution in [0, 0.1) is 0 Å². The van der Waals surface area contributed by atoms with E-state index in [-0.39, 0.29) is 22.6 Å². The first-order chi connectivity index (χ1) is 10.1. The van der Waals surface area contributed by atoms with Gasteiger partial charge in [-0.2, -0.15) is 0 Å². The number of hydrogen-bond donors (Lipinski definition) is 1. The molecule has 1 N–H and O–H groups in total. The van der Waals surface area contributed by atoms with Gasteiger partial charge in [-0.3, -0.25) is 9.20 Å². The smallest absolute Gasteiger partial charge is 0.253 e. The summed E-state index contributed by atoms with van der Waals surface area (Å²) in [5.74, 6) is 0.320. The van der Waals surface area contributed by atoms with Crippen LogP contribution in [-0.2, 0) is 6.54 Å². The van der Waals surface area contributed by atoms with Gasteiger partial charge in [-0.05, 0) is 18.2 Å². The van der Waals surface area contributed by atoms with Crippen LogP contribution in [-0.4, -0.2) is 25.5 Å². The van der Waals surface area contributed by atoms with Crippen LogP contribution in [0.15, 0.2) is 36.7 Å². The van der Waals surface area contributed by atoms with E-state index in [0.717, 1.165) is 5.65 Å². The van der Waals surface area contributed by atoms with E-state index < -0.39 is 0 Å². The Morgan fingerprint density at radius 3 is 2.95 bits per heavy atom. The number of nitrogens with zero attached hydrogens (tertiary/aromatic N) is 4. The van der Waals surface area contributed by atoms with Gasteiger partial charge in [-0.15, -0.1) is 10.2 Å². The molecule has 0 fully saturated rings. The molecule has 8 heteroatoms. The molecule has 0 unspecified atom stereocenters. The topological polar surface area (TPSA) is 72.2 Å². The standard InChI is InChI=1S/C13H9Cl2N5O/c14-9-5-8(6-16-12(9)15)13(21)17-7-11-19-18-10-3-1-2-4-20(10)11/h1-6H,7H2,(H,17,21). The second-order valence-corrected chi connectivity index (χ2v) is 4.99. The molecule has 0 spiro atoms. The summed E-state index contributed by atoms with van der Waals surface area (Å²) in [5, 5.41) is 11.2. The number of carbonyl (C=O) groups is 1. The number of amides is 1. The predicted molar refractivity (Wildman–Crippen MR) is 78.4 cm³/mol. The van der Waals surface area contributed by atoms with Crippen LogP contribution in [0.3, 0.4) is 0 Å². The lowest BCUT2D eigenvalue weighted by Crippen LogP contribution is -2.24. The van der Waals surface area contributed by atoms with E-state index in [9.17, 15) is 4.79 Å². The minimum Gasteiger partial charge on any atom is -0.345 e. The van der Waals surface area contributed by atoms with Gasteiger partial charge in [0, 0.05) is 12.4 Å². The van der Waals surface area contributed by atoms with Gasteiger partial charge in [0.25, 0.3) is 5.91 Å². The van der Waals surface area contributed by atoms with E-state index in [0.29, 0.717) is 11.4 Å². The molecule has 0 aliphatic heterocycles. The van der Waals surface area contributed by atoms with E-state index >= 15 is 0 Å². The van der Waals surface area contributed by atoms with Crippen molar-refractivity contribution in [3.63, 3.8) is 0 Å². The molecule has 3 aromatic rings. The van der Waals surface area contributed by atoms with E-state index in [1.165, 1.54) is 12.3 Å². The third kappa shape index (κ3) is 2.81. The number of halogens is 2. The number of hydrogen-bond acceptors (Lipinski definition) is 4. The van der Waals surface area contributed by atoms with Gasteiger partial charge in [-0.25, -0.2) is 4.98 Å². The SMILES string of the molecule is O=C(NCc1nnc2ccccn12)c1cnc(Cl)c(Cl)c1. The Balaban J connectivity index is 1.75. The molecule has 6 nitrogen and oxygen atoms in total. The molecule has 21 heavy (non-hydrogen) atoms. The quantitative estimate of drug-likeness (QED) is 0.752. The Hall–Kier alpha value is -2.18. The number of fused-ring (bicyclic) bond motifs is 1. The normalized spacial score (nSPS) is 10.8. The molecule has 1 amide bonds. The Morgan fingerprint density at radius 1 is 1.29 bits per heavy atom. The van der Waals surface area contributed by atoms with Gasteiger partial charge in [0.2, 0.25) is 0 Å². The Morgan fingerprint density at radius 2 is 2.14 bits per heavy atom. The molecule has 3 aromatic heterocycles. The fraction of sp³-hybridized carbons (Fsp3) is 0.0769. The summed E-state index contributed by atoms with van der Waals surface area (Å²) in [6.45, 7) is 0.240. The molecule has 0 bridgehead atoms. The number of aromatic nitrogens is 4. The fourth-order valence-corrected chi connectivity index (χ4v) is 2.09. The summed E-state index contributed by atoms with van der Waals surface area (Å²) < 4.78 is 1.80. The van der Waals surface area contributed by atoms with Crippen molar-refractivity contribution in [1.29, 1.82) is 0 Å². The summed E-state index contributed by atoms with van der Waals surface area (Å²) >= 11 is 11.5. The first-order valence-electron chi connectivity index (χ1n) is 6.03. The fourth-order valence-electron chi connectivity index (χ4n) is 1.82. The second kappa shape index (κ2) is 5.67. The lowest BCUT2D eigenvalue weighted by molar-refractivity contribution is 0.0949. The summed E-state index contributed by atoms with van der Waals surface area (Å²) in [6.07, 6.45) is 3.20. The highest BCUT2D eigenvalue weighted by Gasteiger charge is 2.11. The average molecular weight is 322 g/mol. The lowest BCUT2D eigenvalue weighted by atomic mass is 10.2. The highest BCUT2D eigenvalue weighted by Crippen LogP contribution is 2.19. The Labute approximate surface area is 129 Å². The monoisotopic (exact) mass is 321 g/mol. The van der Waals surface area contributed by atoms with Crippen LogP contribution < -0.4 is 5.32 Å². The second-order valence-electron chi connectivity index (χ2n) is 4.22. The van der Waals surface area contributed by atoms with Crippen molar-refractivity contribution in [2.24, 2.45) is 0 Å². The molecule has 0 saturated heterocycles. The molecular formula is C13H9Cl2N5O. The van der Waals surface area contributed by atoms with Crippen molar-refractivity contribution in [2.75, 3.05) is 0 Å². The first kappa shape index (κ1) is 13.8. The maximum absolute atomic E-state index is 12.0. The van der Waals surface area contributed by atoms with Gasteiger partial charge in [0.05, 0.1) is 17.1 Å². The molecule has 3 rings (SSSR count). The third-order valence-corrected chi connectivity index (χ3v) is 3.54. The van der Waals surface area contributed by atoms with Gasteiger partial charge >= 0.3 is 0 Å². The van der Waals surface area contributed by atoms with Gasteiger partial charge < -0.3 is 5.32 Å². The van der Waals surface area contributed by atoms with Crippen LogP contribution in [0.4, 0.5) is 0 Å². The summed E-state index contributed by atoms with van der Waals surface area (Å²) in [7, 11) is 0. The largest absolute Gasteiger partial charge is 0.345 e. The van der Waals surface area contributed by atoms with E-state index in [1.807, 2.05) is 24.4 Å². The maximum Gasteiger partial charge on any atom is 0.253 e. The average Bonchev–Trinajstić information content (AvgIpc) is 2.91. The number of carbonyl (C=O) groups excluding carboxylic acids is 1. The molecule has 0 aliphatic rings. The molecule has 0 atom stereocenters. The zero-order valence-electron chi connectivity index (χ0n) is 10.6. The molecule has 106 valence electrons. The Bertz CT molecular complexity index is 817. The number of rotatable bonds is 3. The maximum atomic E-state index is 12.0. The van der Waals surface area contributed by atoms with Gasteiger partial charge in [-0.1, -0.05) is 29.3 Å². The summed E-state index contributed by atoms with van der Waals surface area (Å²) in [6, 6.07) is 7.04. The van der Waals surface area contributed by atoms with Crippen molar-refractivity contribution in [3.05, 3.63) is 58.2 Å². The van der Waals surface area contributed by atoms with Gasteiger partial charge in [0.15, 0.2) is 11.5 Å². The minimum atomic E-state index is -0.311. The highest BCUT2D eigenvalue weighted by atomic mass is 35.5. The first-order valence-corrected chi connectivity index (χ1v) is 6.78. The van der Waals surface area contributed by atoms with Crippen molar-refractivity contribution in [2.45, 2.75) is 6.54 Å². The highest BCUT2D eigenvalue weighted by molar-refractivity contribution is 6.41. The molecule has 0 aromatic carbocycles. The van der Waals surface area contributed by atoms with Crippen LogP contribution in [0.5, 0.6) is 0 Å². The van der Waals surface area contributed by atoms with Crippen molar-refractivity contribution in [3.8, 4) is 0 Å². The van der Waals surface area contributed by atoms with Gasteiger partial charge in [0.1, 0.15) is 5.15 Å². The van der Waals surface area contributed by atoms with Crippen molar-refractivity contribution < 1.29 is 4.79 Å². The molecule has 0 radical (unpaired) electrons. The van der Waals surface area contributed by atoms with Crippen LogP contribution in [0.1, 0.15) is 16.2 Å². The molecular weight excluding hydrogens is 313 g/mol. The van der Waals surface area contributed by atoms with Crippen molar-refractivity contribution in [1.82, 2.24) is 24.9 Å². The third-order valence-electron chi connectivity index (χ3n) is 2.85. The van der Waals surface area contributed by atoms with Crippen LogP contribution in [0.25, 0.3) is 5.65 Å². The molecule has 3 heterocycles. The van der Waals surface area contributed by atoms with Crippen molar-refractivity contribution >= 4 is 34.8 Å². The number of nitrogens with one attached hydrogen (secondary N) is 1. The van der Waals surface area contributed by atoms with Crippen LogP contribution in [0.2, 0.25) is 10.2 Å². The summed E-state index contributed by atoms with van der Waals surface area (Å²) in [5.41, 5.74) is 1.05. The number of pyridine rings is 2. The van der Waals surface area contributed by atoms with Crippen LogP contribution >= 0.6 is 23.2 Å².